The molecule has 0 aliphatic carbocycles. The van der Waals surface area contributed by atoms with Crippen LogP contribution in [0.4, 0.5) is 34.1 Å². The smallest absolute Gasteiger partial charge is 0.333 e. The lowest BCUT2D eigenvalue weighted by Crippen LogP contribution is -2.56. The molecule has 0 spiro atoms. The van der Waals surface area contributed by atoms with Crippen LogP contribution in [0.1, 0.15) is 26.3 Å². The van der Waals surface area contributed by atoms with E-state index in [1.54, 1.807) is 0 Å². The van der Waals surface area contributed by atoms with Gasteiger partial charge in [0.15, 0.2) is 0 Å². The number of furan rings is 1. The van der Waals surface area contributed by atoms with E-state index in [0.29, 0.717) is 0 Å². The quantitative estimate of drug-likeness (QED) is 0.161. The van der Waals surface area contributed by atoms with Gasteiger partial charge < -0.3 is 18.7 Å². The fourth-order valence-electron chi connectivity index (χ4n) is 11.1. The Kier molecular flexibility index (Phi) is 7.89. The zero-order valence-electron chi connectivity index (χ0n) is 36.8. The highest BCUT2D eigenvalue weighted by atomic mass is 32.1. The minimum absolute atomic E-state index is 0.0590. The number of hydrogen-bond donors (Lipinski definition) is 0. The molecule has 0 N–H and O–H groups in total. The van der Waals surface area contributed by atoms with E-state index in [0.717, 1.165) is 56.1 Å². The molecule has 6 heteroatoms. The summed E-state index contributed by atoms with van der Waals surface area (Å²) in [6, 6.07) is 73.9. The van der Waals surface area contributed by atoms with Crippen LogP contribution in [0.15, 0.2) is 205 Å². The molecule has 4 nitrogen and oxygen atoms in total. The largest absolute Gasteiger partial charge is 0.456 e. The third-order valence-electron chi connectivity index (χ3n) is 14.1. The van der Waals surface area contributed by atoms with Gasteiger partial charge in [-0.3, -0.25) is 0 Å². The molecular weight excluding hydrogens is 822 g/mol. The van der Waals surface area contributed by atoms with Crippen molar-refractivity contribution in [2.24, 2.45) is 0 Å². The number of thiophene rings is 1. The molecule has 0 saturated carbocycles. The van der Waals surface area contributed by atoms with E-state index in [9.17, 15) is 0 Å². The van der Waals surface area contributed by atoms with Gasteiger partial charge in [-0.1, -0.05) is 154 Å². The van der Waals surface area contributed by atoms with Gasteiger partial charge in [-0.25, -0.2) is 0 Å². The second-order valence-electron chi connectivity index (χ2n) is 18.9. The summed E-state index contributed by atoms with van der Waals surface area (Å²) in [5, 5.41) is 4.85. The highest BCUT2D eigenvalue weighted by Crippen LogP contribution is 2.52. The summed E-state index contributed by atoms with van der Waals surface area (Å²) in [5.74, 6) is 0. The zero-order chi connectivity index (χ0) is 43.8. The van der Waals surface area contributed by atoms with Crippen LogP contribution in [-0.4, -0.2) is 11.3 Å². The average Bonchev–Trinajstić information content (AvgIpc) is 4.02. The average molecular weight is 864 g/mol. The van der Waals surface area contributed by atoms with Crippen LogP contribution in [0, 0.1) is 0 Å². The third-order valence-corrected chi connectivity index (χ3v) is 15.3. The Balaban J connectivity index is 1.18. The Morgan fingerprint density at radius 2 is 1.17 bits per heavy atom. The maximum atomic E-state index is 6.83. The Morgan fingerprint density at radius 1 is 0.485 bits per heavy atom. The summed E-state index contributed by atoms with van der Waals surface area (Å²) in [6.07, 6.45) is 0. The van der Waals surface area contributed by atoms with Crippen molar-refractivity contribution < 1.29 is 4.42 Å². The first-order valence-corrected chi connectivity index (χ1v) is 23.7. The predicted octanol–water partition coefficient (Wildman–Crippen LogP) is 15.8. The van der Waals surface area contributed by atoms with E-state index in [-0.39, 0.29) is 12.3 Å². The van der Waals surface area contributed by atoms with E-state index < -0.39 is 0 Å². The molecule has 14 rings (SSSR count). The molecule has 2 aliphatic rings. The van der Waals surface area contributed by atoms with Gasteiger partial charge in [0, 0.05) is 77.4 Å². The minimum Gasteiger partial charge on any atom is -0.456 e. The van der Waals surface area contributed by atoms with Gasteiger partial charge in [0.25, 0.3) is 0 Å². The molecular formula is C60H42BN3OS. The Hall–Kier alpha value is -7.80. The van der Waals surface area contributed by atoms with Crippen molar-refractivity contribution in [1.29, 1.82) is 0 Å². The lowest BCUT2D eigenvalue weighted by Gasteiger charge is -2.42. The fraction of sp³-hybridized carbons (Fsp3) is 0.0667. The van der Waals surface area contributed by atoms with Gasteiger partial charge in [0.05, 0.1) is 15.9 Å². The molecule has 0 fully saturated rings. The first-order valence-electron chi connectivity index (χ1n) is 22.9. The molecule has 2 aliphatic heterocycles. The molecule has 3 aromatic heterocycles. The van der Waals surface area contributed by atoms with Crippen LogP contribution in [0.5, 0.6) is 0 Å². The SMILES string of the molecule is CC(C)(C)c1ccc(N2c3cc4oc5ccccc5c4cc3B3c4c(cc(N(c5ccccc5)c5ccccc5)cc42)-c2cccc4c5sc6ccccc6c5n3c24)c(-c2ccccc2)c1. The molecule has 0 bridgehead atoms. The Morgan fingerprint density at radius 3 is 1.92 bits per heavy atom. The molecule has 0 atom stereocenters. The summed E-state index contributed by atoms with van der Waals surface area (Å²) in [6.45, 7) is 6.78. The van der Waals surface area contributed by atoms with E-state index in [2.05, 4.69) is 235 Å². The Labute approximate surface area is 387 Å². The van der Waals surface area contributed by atoms with Crippen molar-refractivity contribution in [1.82, 2.24) is 4.48 Å². The van der Waals surface area contributed by atoms with Crippen molar-refractivity contribution >= 4 is 116 Å². The maximum Gasteiger partial charge on any atom is 0.333 e. The van der Waals surface area contributed by atoms with Crippen LogP contribution in [0.2, 0.25) is 0 Å². The molecule has 0 amide bonds. The number of para-hydroxylation sites is 4. The number of aromatic nitrogens is 1. The number of fused-ring (bicyclic) bond motifs is 12. The van der Waals surface area contributed by atoms with Crippen LogP contribution in [-0.2, 0) is 5.41 Å². The second kappa shape index (κ2) is 13.9. The van der Waals surface area contributed by atoms with E-state index in [1.807, 2.05) is 11.3 Å². The first-order chi connectivity index (χ1) is 32.4. The van der Waals surface area contributed by atoms with Crippen molar-refractivity contribution in [2.75, 3.05) is 9.80 Å². The minimum atomic E-state index is -0.141. The van der Waals surface area contributed by atoms with Crippen molar-refractivity contribution in [2.45, 2.75) is 26.2 Å². The number of rotatable bonds is 5. The molecule has 66 heavy (non-hydrogen) atoms. The summed E-state index contributed by atoms with van der Waals surface area (Å²) in [5.41, 5.74) is 19.7. The van der Waals surface area contributed by atoms with Crippen LogP contribution in [0.3, 0.4) is 0 Å². The molecule has 12 aromatic rings. The molecule has 0 radical (unpaired) electrons. The summed E-state index contributed by atoms with van der Waals surface area (Å²) in [7, 11) is 0. The monoisotopic (exact) mass is 863 g/mol. The number of hydrogen-bond acceptors (Lipinski definition) is 4. The molecule has 0 saturated heterocycles. The van der Waals surface area contributed by atoms with Crippen LogP contribution < -0.4 is 20.7 Å². The fourth-order valence-corrected chi connectivity index (χ4v) is 12.3. The Bertz CT molecular complexity index is 3900. The lowest BCUT2D eigenvalue weighted by atomic mass is 9.45. The zero-order valence-corrected chi connectivity index (χ0v) is 37.6. The van der Waals surface area contributed by atoms with Gasteiger partial charge in [-0.05, 0) is 93.7 Å². The van der Waals surface area contributed by atoms with Gasteiger partial charge in [0.1, 0.15) is 11.2 Å². The molecule has 312 valence electrons. The first kappa shape index (κ1) is 37.6. The predicted molar refractivity (Wildman–Crippen MR) is 281 cm³/mol. The summed E-state index contributed by atoms with van der Waals surface area (Å²) in [4.78, 5) is 4.99. The molecule has 0 unspecified atom stereocenters. The van der Waals surface area contributed by atoms with Crippen molar-refractivity contribution in [3.05, 3.63) is 206 Å². The van der Waals surface area contributed by atoms with E-state index in [1.165, 1.54) is 69.9 Å². The second-order valence-corrected chi connectivity index (χ2v) is 19.9. The van der Waals surface area contributed by atoms with E-state index in [4.69, 9.17) is 4.42 Å². The van der Waals surface area contributed by atoms with E-state index >= 15 is 0 Å². The van der Waals surface area contributed by atoms with Crippen LogP contribution >= 0.6 is 11.3 Å². The summed E-state index contributed by atoms with van der Waals surface area (Å²) < 4.78 is 12.2. The standard InChI is InChI=1S/C60H42BN3OS/c1-60(2,3)38-30-31-50(46(32-38)37-18-7-4-8-19-37)63-51-36-54-47(42-24-13-15-28-53(42)65-54)35-49(51)61-56-48(33-41(34-52(56)63)62(39-20-9-5-10-21-39)40-22-11-6-12-23-40)43-26-17-27-45-57(43)64(61)58-44-25-14-16-29-55(44)66-59(45)58/h4-36H,1-3H3. The van der Waals surface area contributed by atoms with Crippen LogP contribution in [0.25, 0.3) is 75.4 Å². The highest BCUT2D eigenvalue weighted by Gasteiger charge is 2.45. The summed E-state index contributed by atoms with van der Waals surface area (Å²) >= 11 is 1.91. The van der Waals surface area contributed by atoms with Crippen molar-refractivity contribution in [3.63, 3.8) is 0 Å². The number of nitrogens with zero attached hydrogens (tertiary/aromatic N) is 3. The highest BCUT2D eigenvalue weighted by molar-refractivity contribution is 7.27. The molecule has 9 aromatic carbocycles. The van der Waals surface area contributed by atoms with Crippen molar-refractivity contribution in [3.8, 4) is 22.3 Å². The molecule has 5 heterocycles. The van der Waals surface area contributed by atoms with Gasteiger partial charge in [-0.15, -0.1) is 11.3 Å². The number of anilines is 6. The maximum absolute atomic E-state index is 6.83. The third kappa shape index (κ3) is 5.33. The normalized spacial score (nSPS) is 13.0. The van der Waals surface area contributed by atoms with Gasteiger partial charge in [-0.2, -0.15) is 0 Å². The van der Waals surface area contributed by atoms with Gasteiger partial charge >= 0.3 is 6.85 Å². The van der Waals surface area contributed by atoms with Gasteiger partial charge in [0.2, 0.25) is 0 Å². The lowest BCUT2D eigenvalue weighted by molar-refractivity contribution is 0.590. The topological polar surface area (TPSA) is 24.6 Å². The number of benzene rings is 9.